The van der Waals surface area contributed by atoms with Gasteiger partial charge in [0.15, 0.2) is 0 Å². The van der Waals surface area contributed by atoms with Crippen molar-refractivity contribution in [2.75, 3.05) is 26.0 Å². The maximum atomic E-state index is 12.7. The second-order valence-electron chi connectivity index (χ2n) is 7.78. The lowest BCUT2D eigenvalue weighted by Crippen LogP contribution is -2.26. The lowest BCUT2D eigenvalue weighted by atomic mass is 10.0. The molecule has 4 rings (SSSR count). The van der Waals surface area contributed by atoms with Gasteiger partial charge in [0.2, 0.25) is 11.8 Å². The number of likely N-dealkylation sites (N-methyl/N-ethyl adjacent to an activating group) is 2. The van der Waals surface area contributed by atoms with Crippen LogP contribution in [-0.4, -0.2) is 47.2 Å². The minimum Gasteiger partial charge on any atom is -0.338 e. The van der Waals surface area contributed by atoms with E-state index in [9.17, 15) is 9.59 Å². The Balaban J connectivity index is 0.00000289. The van der Waals surface area contributed by atoms with E-state index in [0.717, 1.165) is 27.5 Å². The van der Waals surface area contributed by atoms with Gasteiger partial charge in [-0.05, 0) is 41.8 Å². The molecule has 1 aliphatic heterocycles. The third-order valence-corrected chi connectivity index (χ3v) is 5.59. The number of carbonyl (C=O) groups excluding carboxylic acids is 2. The molecular weight excluding hydrogens is 447 g/mol. The summed E-state index contributed by atoms with van der Waals surface area (Å²) >= 11 is 6.30. The van der Waals surface area contributed by atoms with Crippen molar-refractivity contribution in [1.82, 2.24) is 14.8 Å². The van der Waals surface area contributed by atoms with Crippen molar-refractivity contribution in [2.24, 2.45) is 0 Å². The van der Waals surface area contributed by atoms with E-state index in [4.69, 9.17) is 11.6 Å². The van der Waals surface area contributed by atoms with E-state index >= 15 is 0 Å². The molecule has 3 aromatic rings. The summed E-state index contributed by atoms with van der Waals surface area (Å²) in [5, 5.41) is 5.53. The normalized spacial score (nSPS) is 13.9. The van der Waals surface area contributed by atoms with Gasteiger partial charge in [-0.25, -0.2) is 4.98 Å². The number of hydrogen-bond acceptors (Lipinski definition) is 4. The molecule has 8 heteroatoms. The SMILES string of the molecule is CN1CC(=O)Nc2ncc(C=CC(=O)N(C)Cc3ccc(Cl)c4ccccc34)cc2C1.Cl. The Bertz CT molecular complexity index is 1200. The van der Waals surface area contributed by atoms with E-state index in [-0.39, 0.29) is 24.2 Å². The Morgan fingerprint density at radius 2 is 1.97 bits per heavy atom. The Hall–Kier alpha value is -2.93. The smallest absolute Gasteiger partial charge is 0.246 e. The van der Waals surface area contributed by atoms with Crippen LogP contribution >= 0.6 is 24.0 Å². The van der Waals surface area contributed by atoms with Crippen LogP contribution in [0.25, 0.3) is 16.8 Å². The first-order valence-corrected chi connectivity index (χ1v) is 10.3. The molecule has 0 aliphatic carbocycles. The molecule has 2 aromatic carbocycles. The summed E-state index contributed by atoms with van der Waals surface area (Å²) < 4.78 is 0. The molecule has 0 radical (unpaired) electrons. The van der Waals surface area contributed by atoms with Gasteiger partial charge in [-0.1, -0.05) is 41.9 Å². The molecule has 32 heavy (non-hydrogen) atoms. The van der Waals surface area contributed by atoms with Crippen molar-refractivity contribution in [3.05, 3.63) is 76.5 Å². The molecular formula is C24H24Cl2N4O2. The molecule has 0 saturated heterocycles. The first kappa shape index (κ1) is 23.7. The number of carbonyl (C=O) groups is 2. The predicted octanol–water partition coefficient (Wildman–Crippen LogP) is 4.37. The van der Waals surface area contributed by atoms with Gasteiger partial charge < -0.3 is 10.2 Å². The number of benzene rings is 2. The predicted molar refractivity (Wildman–Crippen MR) is 131 cm³/mol. The van der Waals surface area contributed by atoms with Gasteiger partial charge in [-0.3, -0.25) is 14.5 Å². The minimum absolute atomic E-state index is 0. The van der Waals surface area contributed by atoms with Crippen molar-refractivity contribution < 1.29 is 9.59 Å². The van der Waals surface area contributed by atoms with Crippen LogP contribution in [0, 0.1) is 0 Å². The summed E-state index contributed by atoms with van der Waals surface area (Å²) in [5.41, 5.74) is 2.76. The van der Waals surface area contributed by atoms with E-state index in [2.05, 4.69) is 10.3 Å². The van der Waals surface area contributed by atoms with Crippen molar-refractivity contribution in [3.63, 3.8) is 0 Å². The average Bonchev–Trinajstić information content (AvgIpc) is 2.89. The lowest BCUT2D eigenvalue weighted by molar-refractivity contribution is -0.125. The number of anilines is 1. The first-order chi connectivity index (χ1) is 14.9. The Morgan fingerprint density at radius 1 is 1.22 bits per heavy atom. The fraction of sp³-hybridized carbons (Fsp3) is 0.208. The molecule has 2 amide bonds. The zero-order chi connectivity index (χ0) is 22.0. The molecule has 1 N–H and O–H groups in total. The maximum absolute atomic E-state index is 12.7. The van der Waals surface area contributed by atoms with Gasteiger partial charge in [0.05, 0.1) is 6.54 Å². The minimum atomic E-state index is -0.112. The summed E-state index contributed by atoms with van der Waals surface area (Å²) in [6.07, 6.45) is 4.94. The number of amides is 2. The summed E-state index contributed by atoms with van der Waals surface area (Å²) in [6.45, 7) is 1.41. The fourth-order valence-electron chi connectivity index (χ4n) is 3.71. The van der Waals surface area contributed by atoms with Gasteiger partial charge in [0.25, 0.3) is 0 Å². The van der Waals surface area contributed by atoms with Gasteiger partial charge >= 0.3 is 0 Å². The van der Waals surface area contributed by atoms with Crippen LogP contribution in [0.4, 0.5) is 5.82 Å². The largest absolute Gasteiger partial charge is 0.338 e. The third-order valence-electron chi connectivity index (χ3n) is 5.26. The second-order valence-corrected chi connectivity index (χ2v) is 8.18. The van der Waals surface area contributed by atoms with Crippen LogP contribution in [0.15, 0.2) is 54.7 Å². The number of pyridine rings is 1. The lowest BCUT2D eigenvalue weighted by Gasteiger charge is -2.17. The molecule has 166 valence electrons. The van der Waals surface area contributed by atoms with Crippen LogP contribution in [0.5, 0.6) is 0 Å². The van der Waals surface area contributed by atoms with Crippen LogP contribution in [0.3, 0.4) is 0 Å². The highest BCUT2D eigenvalue weighted by atomic mass is 35.5. The molecule has 0 atom stereocenters. The summed E-state index contributed by atoms with van der Waals surface area (Å²) in [4.78, 5) is 32.4. The molecule has 0 saturated carbocycles. The Kier molecular flexibility index (Phi) is 7.51. The monoisotopic (exact) mass is 470 g/mol. The number of fused-ring (bicyclic) bond motifs is 2. The molecule has 1 aromatic heterocycles. The number of halogens is 2. The molecule has 0 unspecified atom stereocenters. The molecule has 6 nitrogen and oxygen atoms in total. The van der Waals surface area contributed by atoms with Crippen LogP contribution in [0.2, 0.25) is 5.02 Å². The highest BCUT2D eigenvalue weighted by Gasteiger charge is 2.17. The number of nitrogens with one attached hydrogen (secondary N) is 1. The molecule has 0 fully saturated rings. The molecule has 0 spiro atoms. The highest BCUT2D eigenvalue weighted by Crippen LogP contribution is 2.27. The van der Waals surface area contributed by atoms with E-state index in [1.54, 1.807) is 30.3 Å². The highest BCUT2D eigenvalue weighted by molar-refractivity contribution is 6.35. The number of aromatic nitrogens is 1. The number of hydrogen-bond donors (Lipinski definition) is 1. The quantitative estimate of drug-likeness (QED) is 0.575. The van der Waals surface area contributed by atoms with Crippen molar-refractivity contribution in [1.29, 1.82) is 0 Å². The van der Waals surface area contributed by atoms with E-state index in [1.807, 2.05) is 54.4 Å². The Morgan fingerprint density at radius 3 is 2.75 bits per heavy atom. The summed E-state index contributed by atoms with van der Waals surface area (Å²) in [6, 6.07) is 13.7. The summed E-state index contributed by atoms with van der Waals surface area (Å²) in [7, 11) is 3.66. The third kappa shape index (κ3) is 5.27. The average molecular weight is 471 g/mol. The number of rotatable bonds is 4. The zero-order valence-corrected chi connectivity index (χ0v) is 19.4. The molecule has 0 bridgehead atoms. The van der Waals surface area contributed by atoms with E-state index in [0.29, 0.717) is 30.5 Å². The second kappa shape index (κ2) is 10.1. The summed E-state index contributed by atoms with van der Waals surface area (Å²) in [5.74, 6) is 0.382. The van der Waals surface area contributed by atoms with E-state index in [1.165, 1.54) is 0 Å². The topological polar surface area (TPSA) is 65.5 Å². The van der Waals surface area contributed by atoms with E-state index < -0.39 is 0 Å². The standard InChI is InChI=1S/C24H23ClN4O2.ClH/c1-28-13-18-11-16(12-26-24(18)27-22(30)15-28)7-10-23(31)29(2)14-17-8-9-21(25)20-6-4-3-5-19(17)20;/h3-12H,13-15H2,1-2H3,(H,26,27,30);1H. The number of nitrogens with zero attached hydrogens (tertiary/aromatic N) is 3. The van der Waals surface area contributed by atoms with Crippen molar-refractivity contribution in [3.8, 4) is 0 Å². The van der Waals surface area contributed by atoms with Gasteiger partial charge in [0, 0.05) is 48.4 Å². The first-order valence-electron chi connectivity index (χ1n) is 9.97. The van der Waals surface area contributed by atoms with Gasteiger partial charge in [0.1, 0.15) is 5.82 Å². The van der Waals surface area contributed by atoms with Crippen molar-refractivity contribution >= 4 is 58.5 Å². The molecule has 1 aliphatic rings. The van der Waals surface area contributed by atoms with Gasteiger partial charge in [-0.2, -0.15) is 0 Å². The fourth-order valence-corrected chi connectivity index (χ4v) is 3.94. The van der Waals surface area contributed by atoms with Crippen LogP contribution in [-0.2, 0) is 22.7 Å². The van der Waals surface area contributed by atoms with Gasteiger partial charge in [-0.15, -0.1) is 12.4 Å². The molecule has 2 heterocycles. The maximum Gasteiger partial charge on any atom is 0.246 e. The van der Waals surface area contributed by atoms with Crippen LogP contribution in [0.1, 0.15) is 16.7 Å². The zero-order valence-electron chi connectivity index (χ0n) is 17.8. The van der Waals surface area contributed by atoms with Crippen LogP contribution < -0.4 is 5.32 Å². The van der Waals surface area contributed by atoms with Crippen molar-refractivity contribution in [2.45, 2.75) is 13.1 Å². The Labute approximate surface area is 198 Å².